The van der Waals surface area contributed by atoms with Crippen molar-refractivity contribution in [3.8, 4) is 11.1 Å². The summed E-state index contributed by atoms with van der Waals surface area (Å²) in [5.41, 5.74) is 4.95. The summed E-state index contributed by atoms with van der Waals surface area (Å²) >= 11 is 0. The van der Waals surface area contributed by atoms with Crippen molar-refractivity contribution in [1.82, 2.24) is 0 Å². The van der Waals surface area contributed by atoms with Gasteiger partial charge in [0.1, 0.15) is 0 Å². The maximum absolute atomic E-state index is 12.1. The predicted molar refractivity (Wildman–Crippen MR) is 97.5 cm³/mol. The third kappa shape index (κ3) is 3.99. The molecule has 3 rings (SSSR count). The van der Waals surface area contributed by atoms with Crippen molar-refractivity contribution in [2.45, 2.75) is 6.92 Å². The molecule has 118 valence electrons. The molecular weight excluding hydrogens is 296 g/mol. The maximum Gasteiger partial charge on any atom is 0.342 e. The molecule has 0 aromatic heterocycles. The fourth-order valence-electron chi connectivity index (χ4n) is 2.35. The van der Waals surface area contributed by atoms with Crippen LogP contribution in [0.1, 0.15) is 21.5 Å². The van der Waals surface area contributed by atoms with Gasteiger partial charge in [0.15, 0.2) is 0 Å². The van der Waals surface area contributed by atoms with E-state index >= 15 is 0 Å². The van der Waals surface area contributed by atoms with Crippen LogP contribution in [0.5, 0.6) is 0 Å². The van der Waals surface area contributed by atoms with Crippen LogP contribution in [0.15, 0.2) is 85.1 Å². The second kappa shape index (κ2) is 7.42. The van der Waals surface area contributed by atoms with Crippen LogP contribution in [0.25, 0.3) is 17.2 Å². The van der Waals surface area contributed by atoms with Crippen molar-refractivity contribution in [2.75, 3.05) is 0 Å². The standard InChI is InChI=1S/C22H18O2/c1-17-7-9-19(10-8-17)20-11-13-21(14-12-20)22(23)24-16-15-18-5-3-2-4-6-18/h2-16H,1H3/b16-15+. The minimum atomic E-state index is -0.363. The minimum Gasteiger partial charge on any atom is -0.431 e. The molecule has 0 saturated heterocycles. The summed E-state index contributed by atoms with van der Waals surface area (Å²) in [5.74, 6) is -0.363. The normalized spacial score (nSPS) is 10.7. The van der Waals surface area contributed by atoms with E-state index in [0.717, 1.165) is 16.7 Å². The Morgan fingerprint density at radius 2 is 1.38 bits per heavy atom. The zero-order valence-corrected chi connectivity index (χ0v) is 13.5. The molecule has 3 aromatic carbocycles. The fraction of sp³-hybridized carbons (Fsp3) is 0.0455. The Bertz CT molecular complexity index is 829. The van der Waals surface area contributed by atoms with Gasteiger partial charge >= 0.3 is 5.97 Å². The van der Waals surface area contributed by atoms with Gasteiger partial charge in [-0.2, -0.15) is 0 Å². The van der Waals surface area contributed by atoms with Crippen LogP contribution in [0.4, 0.5) is 0 Å². The average Bonchev–Trinajstić information content (AvgIpc) is 2.63. The highest BCUT2D eigenvalue weighted by Crippen LogP contribution is 2.20. The van der Waals surface area contributed by atoms with E-state index in [-0.39, 0.29) is 5.97 Å². The number of hydrogen-bond donors (Lipinski definition) is 0. The van der Waals surface area contributed by atoms with Gasteiger partial charge in [0.2, 0.25) is 0 Å². The zero-order chi connectivity index (χ0) is 16.8. The molecule has 0 bridgehead atoms. The SMILES string of the molecule is Cc1ccc(-c2ccc(C(=O)O/C=C/c3ccccc3)cc2)cc1. The van der Waals surface area contributed by atoms with E-state index in [2.05, 4.69) is 31.2 Å². The molecule has 0 spiro atoms. The van der Waals surface area contributed by atoms with Crippen molar-refractivity contribution in [1.29, 1.82) is 0 Å². The third-order valence-electron chi connectivity index (χ3n) is 3.74. The minimum absolute atomic E-state index is 0.363. The molecule has 0 heterocycles. The van der Waals surface area contributed by atoms with E-state index in [9.17, 15) is 4.79 Å². The van der Waals surface area contributed by atoms with Gasteiger partial charge < -0.3 is 4.74 Å². The van der Waals surface area contributed by atoms with Crippen molar-refractivity contribution in [3.05, 3.63) is 102 Å². The Labute approximate surface area is 142 Å². The lowest BCUT2D eigenvalue weighted by Crippen LogP contribution is -2.00. The fourth-order valence-corrected chi connectivity index (χ4v) is 2.35. The largest absolute Gasteiger partial charge is 0.431 e. The Hall–Kier alpha value is -3.13. The summed E-state index contributed by atoms with van der Waals surface area (Å²) in [6, 6.07) is 25.4. The first kappa shape index (κ1) is 15.8. The summed E-state index contributed by atoms with van der Waals surface area (Å²) in [5, 5.41) is 0. The molecule has 0 aliphatic rings. The molecule has 0 aliphatic heterocycles. The molecule has 0 fully saturated rings. The van der Waals surface area contributed by atoms with E-state index in [0.29, 0.717) is 5.56 Å². The van der Waals surface area contributed by atoms with Crippen LogP contribution in [0, 0.1) is 6.92 Å². The topological polar surface area (TPSA) is 26.3 Å². The number of carbonyl (C=O) groups excluding carboxylic acids is 1. The number of rotatable bonds is 4. The van der Waals surface area contributed by atoms with Gasteiger partial charge in [-0.3, -0.25) is 0 Å². The van der Waals surface area contributed by atoms with E-state index in [1.54, 1.807) is 18.2 Å². The van der Waals surface area contributed by atoms with E-state index in [1.807, 2.05) is 42.5 Å². The van der Waals surface area contributed by atoms with Gasteiger partial charge in [0, 0.05) is 0 Å². The maximum atomic E-state index is 12.1. The first-order chi connectivity index (χ1) is 11.7. The molecule has 3 aromatic rings. The predicted octanol–water partition coefficient (Wildman–Crippen LogP) is 5.49. The molecule has 0 atom stereocenters. The molecule has 0 unspecified atom stereocenters. The highest BCUT2D eigenvalue weighted by Gasteiger charge is 2.06. The smallest absolute Gasteiger partial charge is 0.342 e. The van der Waals surface area contributed by atoms with Crippen molar-refractivity contribution < 1.29 is 9.53 Å². The number of carbonyl (C=O) groups is 1. The number of benzene rings is 3. The Kier molecular flexibility index (Phi) is 4.87. The first-order valence-electron chi connectivity index (χ1n) is 7.82. The van der Waals surface area contributed by atoms with Gasteiger partial charge in [-0.05, 0) is 41.8 Å². The zero-order valence-electron chi connectivity index (χ0n) is 13.5. The second-order valence-corrected chi connectivity index (χ2v) is 5.56. The monoisotopic (exact) mass is 314 g/mol. The molecule has 0 saturated carbocycles. The first-order valence-corrected chi connectivity index (χ1v) is 7.82. The van der Waals surface area contributed by atoms with E-state index < -0.39 is 0 Å². The lowest BCUT2D eigenvalue weighted by molar-refractivity contribution is 0.0665. The number of ether oxygens (including phenoxy) is 1. The van der Waals surface area contributed by atoms with Crippen molar-refractivity contribution in [3.63, 3.8) is 0 Å². The van der Waals surface area contributed by atoms with Crippen LogP contribution in [-0.4, -0.2) is 5.97 Å². The highest BCUT2D eigenvalue weighted by atomic mass is 16.5. The van der Waals surface area contributed by atoms with Gasteiger partial charge in [-0.1, -0.05) is 72.3 Å². The number of hydrogen-bond acceptors (Lipinski definition) is 2. The highest BCUT2D eigenvalue weighted by molar-refractivity contribution is 5.90. The second-order valence-electron chi connectivity index (χ2n) is 5.56. The molecule has 2 heteroatoms. The number of esters is 1. The van der Waals surface area contributed by atoms with Gasteiger partial charge in [0.05, 0.1) is 11.8 Å². The average molecular weight is 314 g/mol. The van der Waals surface area contributed by atoms with Crippen molar-refractivity contribution in [2.24, 2.45) is 0 Å². The molecule has 0 N–H and O–H groups in total. The Balaban J connectivity index is 1.65. The van der Waals surface area contributed by atoms with Crippen LogP contribution in [0.3, 0.4) is 0 Å². The third-order valence-corrected chi connectivity index (χ3v) is 3.74. The lowest BCUT2D eigenvalue weighted by atomic mass is 10.0. The van der Waals surface area contributed by atoms with E-state index in [1.165, 1.54) is 11.8 Å². The molecule has 0 amide bonds. The summed E-state index contributed by atoms with van der Waals surface area (Å²) in [7, 11) is 0. The summed E-state index contributed by atoms with van der Waals surface area (Å²) in [6.07, 6.45) is 3.18. The molecule has 0 aliphatic carbocycles. The van der Waals surface area contributed by atoms with Gasteiger partial charge in [-0.15, -0.1) is 0 Å². The molecule has 24 heavy (non-hydrogen) atoms. The molecular formula is C22H18O2. The summed E-state index contributed by atoms with van der Waals surface area (Å²) in [4.78, 5) is 12.1. The van der Waals surface area contributed by atoms with Crippen LogP contribution in [-0.2, 0) is 4.74 Å². The van der Waals surface area contributed by atoms with E-state index in [4.69, 9.17) is 4.74 Å². The van der Waals surface area contributed by atoms with Crippen LogP contribution in [0.2, 0.25) is 0 Å². The number of aryl methyl sites for hydroxylation is 1. The quantitative estimate of drug-likeness (QED) is 0.470. The van der Waals surface area contributed by atoms with Crippen LogP contribution >= 0.6 is 0 Å². The van der Waals surface area contributed by atoms with Crippen molar-refractivity contribution >= 4 is 12.0 Å². The lowest BCUT2D eigenvalue weighted by Gasteiger charge is -2.04. The summed E-state index contributed by atoms with van der Waals surface area (Å²) in [6.45, 7) is 2.06. The Morgan fingerprint density at radius 3 is 2.00 bits per heavy atom. The van der Waals surface area contributed by atoms with Gasteiger partial charge in [-0.25, -0.2) is 4.79 Å². The Morgan fingerprint density at radius 1 is 0.792 bits per heavy atom. The molecule has 2 nitrogen and oxygen atoms in total. The molecule has 0 radical (unpaired) electrons. The van der Waals surface area contributed by atoms with Crippen LogP contribution < -0.4 is 0 Å². The van der Waals surface area contributed by atoms with Gasteiger partial charge in [0.25, 0.3) is 0 Å². The summed E-state index contributed by atoms with van der Waals surface area (Å²) < 4.78 is 5.17.